The Morgan fingerprint density at radius 1 is 1.75 bits per heavy atom. The zero-order valence-electron chi connectivity index (χ0n) is 7.21. The molecule has 1 atom stereocenters. The smallest absolute Gasteiger partial charge is 0.0485 e. The van der Waals surface area contributed by atoms with Gasteiger partial charge in [-0.25, -0.2) is 0 Å². The summed E-state index contributed by atoms with van der Waals surface area (Å²) in [4.78, 5) is 3.08. The number of aromatic nitrogens is 1. The second kappa shape index (κ2) is 5.01. The highest BCUT2D eigenvalue weighted by Gasteiger charge is 2.04. The largest absolute Gasteiger partial charge is 0.364 e. The maximum absolute atomic E-state index is 5.85. The molecule has 0 aliphatic carbocycles. The van der Waals surface area contributed by atoms with E-state index in [1.54, 1.807) is 0 Å². The Hall–Kier alpha value is -0.730. The molecule has 68 valence electrons. The minimum absolute atomic E-state index is 0. The number of hydrogen-bond acceptors (Lipinski definition) is 1. The van der Waals surface area contributed by atoms with Gasteiger partial charge in [-0.05, 0) is 25.5 Å². The first kappa shape index (κ1) is 11.3. The van der Waals surface area contributed by atoms with Gasteiger partial charge in [-0.15, -0.1) is 19.0 Å². The second-order valence-electron chi connectivity index (χ2n) is 2.89. The van der Waals surface area contributed by atoms with Gasteiger partial charge in [0.25, 0.3) is 0 Å². The second-order valence-corrected chi connectivity index (χ2v) is 2.89. The van der Waals surface area contributed by atoms with Crippen molar-refractivity contribution in [1.29, 1.82) is 0 Å². The molecule has 0 fully saturated rings. The predicted octanol–water partition coefficient (Wildman–Crippen LogP) is 2.40. The third-order valence-corrected chi connectivity index (χ3v) is 1.59. The summed E-state index contributed by atoms with van der Waals surface area (Å²) >= 11 is 0. The SMILES string of the molecule is C=C(C)C[C@@H](N)c1ccc[nH]1.Cl. The van der Waals surface area contributed by atoms with Crippen LogP contribution < -0.4 is 5.73 Å². The molecular formula is C9H15ClN2. The van der Waals surface area contributed by atoms with E-state index in [4.69, 9.17) is 5.73 Å². The number of H-pyrrole nitrogens is 1. The molecule has 0 aromatic carbocycles. The molecule has 0 amide bonds. The third-order valence-electron chi connectivity index (χ3n) is 1.59. The van der Waals surface area contributed by atoms with Crippen LogP contribution in [0.2, 0.25) is 0 Å². The minimum Gasteiger partial charge on any atom is -0.364 e. The van der Waals surface area contributed by atoms with E-state index in [0.29, 0.717) is 0 Å². The first-order valence-electron chi connectivity index (χ1n) is 3.73. The van der Waals surface area contributed by atoms with Crippen molar-refractivity contribution >= 4 is 12.4 Å². The van der Waals surface area contributed by atoms with E-state index in [1.807, 2.05) is 25.3 Å². The maximum Gasteiger partial charge on any atom is 0.0485 e. The lowest BCUT2D eigenvalue weighted by Gasteiger charge is -2.08. The van der Waals surface area contributed by atoms with E-state index >= 15 is 0 Å². The monoisotopic (exact) mass is 186 g/mol. The average Bonchev–Trinajstić information content (AvgIpc) is 2.35. The van der Waals surface area contributed by atoms with E-state index in [2.05, 4.69) is 11.6 Å². The van der Waals surface area contributed by atoms with Crippen molar-refractivity contribution in [3.05, 3.63) is 36.2 Å². The summed E-state index contributed by atoms with van der Waals surface area (Å²) in [7, 11) is 0. The van der Waals surface area contributed by atoms with Crippen LogP contribution in [0, 0.1) is 0 Å². The molecular weight excluding hydrogens is 172 g/mol. The fourth-order valence-electron chi connectivity index (χ4n) is 1.06. The Balaban J connectivity index is 0.00000121. The van der Waals surface area contributed by atoms with Gasteiger partial charge >= 0.3 is 0 Å². The van der Waals surface area contributed by atoms with Gasteiger partial charge < -0.3 is 10.7 Å². The summed E-state index contributed by atoms with van der Waals surface area (Å²) in [5.41, 5.74) is 8.04. The van der Waals surface area contributed by atoms with Crippen LogP contribution in [0.1, 0.15) is 25.1 Å². The Morgan fingerprint density at radius 3 is 2.83 bits per heavy atom. The van der Waals surface area contributed by atoms with Gasteiger partial charge in [-0.2, -0.15) is 0 Å². The Bertz CT molecular complexity index is 229. The standard InChI is InChI=1S/C9H14N2.ClH/c1-7(2)6-8(10)9-4-3-5-11-9;/h3-5,8,11H,1,6,10H2,2H3;1H/t8-;/m1./s1. The van der Waals surface area contributed by atoms with Gasteiger partial charge in [-0.1, -0.05) is 5.57 Å². The molecule has 3 N–H and O–H groups in total. The molecule has 0 unspecified atom stereocenters. The lowest BCUT2D eigenvalue weighted by molar-refractivity contribution is 0.697. The van der Waals surface area contributed by atoms with E-state index < -0.39 is 0 Å². The number of aromatic amines is 1. The van der Waals surface area contributed by atoms with E-state index in [0.717, 1.165) is 17.7 Å². The topological polar surface area (TPSA) is 41.8 Å². The summed E-state index contributed by atoms with van der Waals surface area (Å²) < 4.78 is 0. The van der Waals surface area contributed by atoms with E-state index in [-0.39, 0.29) is 18.4 Å². The van der Waals surface area contributed by atoms with Crippen molar-refractivity contribution in [2.75, 3.05) is 0 Å². The lowest BCUT2D eigenvalue weighted by Crippen LogP contribution is -2.10. The molecule has 3 heteroatoms. The number of hydrogen-bond donors (Lipinski definition) is 2. The van der Waals surface area contributed by atoms with Crippen molar-refractivity contribution < 1.29 is 0 Å². The summed E-state index contributed by atoms with van der Waals surface area (Å²) in [5.74, 6) is 0. The first-order valence-corrected chi connectivity index (χ1v) is 3.73. The summed E-state index contributed by atoms with van der Waals surface area (Å²) in [5, 5.41) is 0. The highest BCUT2D eigenvalue weighted by molar-refractivity contribution is 5.85. The molecule has 12 heavy (non-hydrogen) atoms. The molecule has 0 bridgehead atoms. The Morgan fingerprint density at radius 2 is 2.42 bits per heavy atom. The number of nitrogens with two attached hydrogens (primary N) is 1. The average molecular weight is 187 g/mol. The lowest BCUT2D eigenvalue weighted by atomic mass is 10.1. The predicted molar refractivity (Wildman–Crippen MR) is 54.4 cm³/mol. The molecule has 0 saturated heterocycles. The molecule has 2 nitrogen and oxygen atoms in total. The minimum atomic E-state index is 0. The molecule has 0 saturated carbocycles. The molecule has 1 rings (SSSR count). The number of halogens is 1. The Kier molecular flexibility index (Phi) is 4.71. The number of rotatable bonds is 3. The van der Waals surface area contributed by atoms with Gasteiger partial charge in [0, 0.05) is 17.9 Å². The summed E-state index contributed by atoms with van der Waals surface area (Å²) in [6.45, 7) is 5.80. The van der Waals surface area contributed by atoms with E-state index in [1.165, 1.54) is 0 Å². The van der Waals surface area contributed by atoms with Crippen molar-refractivity contribution in [1.82, 2.24) is 4.98 Å². The van der Waals surface area contributed by atoms with Crippen LogP contribution in [-0.4, -0.2) is 4.98 Å². The summed E-state index contributed by atoms with van der Waals surface area (Å²) in [6, 6.07) is 4.02. The van der Waals surface area contributed by atoms with Crippen molar-refractivity contribution in [3.8, 4) is 0 Å². The Labute approximate surface area is 79.3 Å². The molecule has 0 aliphatic heterocycles. The van der Waals surface area contributed by atoms with Crippen molar-refractivity contribution in [2.45, 2.75) is 19.4 Å². The van der Waals surface area contributed by atoms with Crippen LogP contribution in [0.4, 0.5) is 0 Å². The molecule has 0 aliphatic rings. The van der Waals surface area contributed by atoms with Gasteiger partial charge in [-0.3, -0.25) is 0 Å². The van der Waals surface area contributed by atoms with Crippen LogP contribution >= 0.6 is 12.4 Å². The fourth-order valence-corrected chi connectivity index (χ4v) is 1.06. The maximum atomic E-state index is 5.85. The van der Waals surface area contributed by atoms with Crippen LogP contribution in [-0.2, 0) is 0 Å². The zero-order chi connectivity index (χ0) is 8.27. The highest BCUT2D eigenvalue weighted by Crippen LogP contribution is 2.14. The van der Waals surface area contributed by atoms with Gasteiger partial charge in [0.15, 0.2) is 0 Å². The van der Waals surface area contributed by atoms with Crippen LogP contribution in [0.3, 0.4) is 0 Å². The molecule has 1 heterocycles. The normalized spacial score (nSPS) is 11.8. The quantitative estimate of drug-likeness (QED) is 0.700. The van der Waals surface area contributed by atoms with Crippen LogP contribution in [0.15, 0.2) is 30.5 Å². The van der Waals surface area contributed by atoms with Gasteiger partial charge in [0.05, 0.1) is 0 Å². The molecule has 1 aromatic heterocycles. The molecule has 1 aromatic rings. The fraction of sp³-hybridized carbons (Fsp3) is 0.333. The van der Waals surface area contributed by atoms with Gasteiger partial charge in [0.1, 0.15) is 0 Å². The van der Waals surface area contributed by atoms with Crippen LogP contribution in [0.5, 0.6) is 0 Å². The summed E-state index contributed by atoms with van der Waals surface area (Å²) in [6.07, 6.45) is 2.73. The van der Waals surface area contributed by atoms with Gasteiger partial charge in [0.2, 0.25) is 0 Å². The molecule has 0 spiro atoms. The van der Waals surface area contributed by atoms with Crippen molar-refractivity contribution in [3.63, 3.8) is 0 Å². The zero-order valence-corrected chi connectivity index (χ0v) is 8.03. The van der Waals surface area contributed by atoms with Crippen molar-refractivity contribution in [2.24, 2.45) is 5.73 Å². The van der Waals surface area contributed by atoms with E-state index in [9.17, 15) is 0 Å². The third kappa shape index (κ3) is 3.11. The first-order chi connectivity index (χ1) is 5.20. The highest BCUT2D eigenvalue weighted by atomic mass is 35.5. The van der Waals surface area contributed by atoms with Crippen LogP contribution in [0.25, 0.3) is 0 Å². The number of nitrogens with one attached hydrogen (secondary N) is 1. The molecule has 0 radical (unpaired) electrons.